The summed E-state index contributed by atoms with van der Waals surface area (Å²) in [5.41, 5.74) is 1.50. The van der Waals surface area contributed by atoms with Gasteiger partial charge in [0.15, 0.2) is 0 Å². The SMILES string of the molecule is Cc1ccsc1C(Cl)c1ccc(C(C)(C)C)s1. The van der Waals surface area contributed by atoms with E-state index in [1.54, 1.807) is 11.3 Å². The van der Waals surface area contributed by atoms with Gasteiger partial charge in [-0.1, -0.05) is 20.8 Å². The third kappa shape index (κ3) is 2.75. The Bertz CT molecular complexity index is 502. The topological polar surface area (TPSA) is 0 Å². The molecule has 1 atom stereocenters. The minimum atomic E-state index is 0.0103. The van der Waals surface area contributed by atoms with Gasteiger partial charge in [-0.2, -0.15) is 0 Å². The van der Waals surface area contributed by atoms with Gasteiger partial charge >= 0.3 is 0 Å². The Morgan fingerprint density at radius 1 is 1.18 bits per heavy atom. The van der Waals surface area contributed by atoms with Crippen LogP contribution < -0.4 is 0 Å². The molecule has 0 aliphatic carbocycles. The van der Waals surface area contributed by atoms with Gasteiger partial charge < -0.3 is 0 Å². The van der Waals surface area contributed by atoms with Crippen molar-refractivity contribution in [3.63, 3.8) is 0 Å². The Labute approximate surface area is 116 Å². The number of thiophene rings is 2. The van der Waals surface area contributed by atoms with E-state index in [4.69, 9.17) is 11.6 Å². The number of rotatable bonds is 2. The lowest BCUT2D eigenvalue weighted by atomic mass is 9.95. The summed E-state index contributed by atoms with van der Waals surface area (Å²) in [6, 6.07) is 6.51. The van der Waals surface area contributed by atoms with Crippen molar-refractivity contribution in [3.05, 3.63) is 43.8 Å². The summed E-state index contributed by atoms with van der Waals surface area (Å²) in [5, 5.41) is 2.12. The molecule has 2 aromatic rings. The molecule has 3 heteroatoms. The summed E-state index contributed by atoms with van der Waals surface area (Å²) in [5.74, 6) is 0. The highest BCUT2D eigenvalue weighted by Gasteiger charge is 2.21. The van der Waals surface area contributed by atoms with Crippen molar-refractivity contribution in [2.75, 3.05) is 0 Å². The van der Waals surface area contributed by atoms with Crippen LogP contribution in [0.25, 0.3) is 0 Å². The van der Waals surface area contributed by atoms with Crippen molar-refractivity contribution in [1.82, 2.24) is 0 Å². The smallest absolute Gasteiger partial charge is 0.102 e. The highest BCUT2D eigenvalue weighted by molar-refractivity contribution is 7.13. The molecule has 1 unspecified atom stereocenters. The molecule has 92 valence electrons. The fraction of sp³-hybridized carbons (Fsp3) is 0.429. The normalized spacial score (nSPS) is 13.9. The molecule has 0 aliphatic rings. The minimum Gasteiger partial charge on any atom is -0.147 e. The van der Waals surface area contributed by atoms with Gasteiger partial charge in [0, 0.05) is 14.6 Å². The first-order valence-electron chi connectivity index (χ1n) is 5.68. The van der Waals surface area contributed by atoms with Crippen LogP contribution in [0.4, 0.5) is 0 Å². The first kappa shape index (κ1) is 13.1. The summed E-state index contributed by atoms with van der Waals surface area (Å²) >= 11 is 10.1. The van der Waals surface area contributed by atoms with E-state index in [-0.39, 0.29) is 10.8 Å². The monoisotopic (exact) mass is 284 g/mol. The summed E-state index contributed by atoms with van der Waals surface area (Å²) in [4.78, 5) is 3.92. The lowest BCUT2D eigenvalue weighted by Gasteiger charge is -2.15. The number of halogens is 1. The first-order chi connectivity index (χ1) is 7.89. The van der Waals surface area contributed by atoms with Crippen LogP contribution in [0.5, 0.6) is 0 Å². The van der Waals surface area contributed by atoms with E-state index in [0.29, 0.717) is 0 Å². The predicted molar refractivity (Wildman–Crippen MR) is 79.8 cm³/mol. The lowest BCUT2D eigenvalue weighted by Crippen LogP contribution is -2.07. The highest BCUT2D eigenvalue weighted by atomic mass is 35.5. The third-order valence-electron chi connectivity index (χ3n) is 2.75. The maximum absolute atomic E-state index is 6.56. The van der Waals surface area contributed by atoms with Crippen LogP contribution in [0.3, 0.4) is 0 Å². The standard InChI is InChI=1S/C14H17ClS2/c1-9-7-8-16-13(9)12(15)10-5-6-11(17-10)14(2,3)4/h5-8,12H,1-4H3. The van der Waals surface area contributed by atoms with Gasteiger partial charge in [0.1, 0.15) is 5.38 Å². The maximum atomic E-state index is 6.56. The number of alkyl halides is 1. The average molecular weight is 285 g/mol. The van der Waals surface area contributed by atoms with Gasteiger partial charge in [-0.25, -0.2) is 0 Å². The van der Waals surface area contributed by atoms with Crippen molar-refractivity contribution in [2.45, 2.75) is 38.5 Å². The quantitative estimate of drug-likeness (QED) is 0.617. The first-order valence-corrected chi connectivity index (χ1v) is 7.81. The minimum absolute atomic E-state index is 0.0103. The molecule has 2 aromatic heterocycles. The molecule has 0 saturated carbocycles. The van der Waals surface area contributed by atoms with Crippen LogP contribution in [0.1, 0.15) is 46.3 Å². The Balaban J connectivity index is 2.30. The molecule has 0 aliphatic heterocycles. The van der Waals surface area contributed by atoms with Crippen molar-refractivity contribution in [1.29, 1.82) is 0 Å². The second-order valence-corrected chi connectivity index (χ2v) is 7.78. The van der Waals surface area contributed by atoms with E-state index in [9.17, 15) is 0 Å². The second-order valence-electron chi connectivity index (χ2n) is 5.28. The van der Waals surface area contributed by atoms with E-state index in [2.05, 4.69) is 51.3 Å². The van der Waals surface area contributed by atoms with Crippen LogP contribution in [-0.2, 0) is 5.41 Å². The van der Waals surface area contributed by atoms with Crippen LogP contribution in [0, 0.1) is 6.92 Å². The van der Waals surface area contributed by atoms with E-state index < -0.39 is 0 Å². The Morgan fingerprint density at radius 3 is 2.35 bits per heavy atom. The van der Waals surface area contributed by atoms with Crippen LogP contribution in [-0.4, -0.2) is 0 Å². The molecular weight excluding hydrogens is 268 g/mol. The fourth-order valence-corrected chi connectivity index (χ4v) is 4.25. The Hall–Kier alpha value is -0.310. The fourth-order valence-electron chi connectivity index (χ4n) is 1.67. The molecule has 0 aromatic carbocycles. The van der Waals surface area contributed by atoms with E-state index in [0.717, 1.165) is 0 Å². The Morgan fingerprint density at radius 2 is 1.88 bits per heavy atom. The number of aryl methyl sites for hydroxylation is 1. The zero-order valence-corrected chi connectivity index (χ0v) is 13.0. The predicted octanol–water partition coefficient (Wildman–Crippen LogP) is 5.74. The van der Waals surface area contributed by atoms with Gasteiger partial charge in [-0.3, -0.25) is 0 Å². The summed E-state index contributed by atoms with van der Waals surface area (Å²) in [6.45, 7) is 8.84. The van der Waals surface area contributed by atoms with Gasteiger partial charge in [0.2, 0.25) is 0 Å². The molecule has 0 bridgehead atoms. The molecular formula is C14H17ClS2. The van der Waals surface area contributed by atoms with Gasteiger partial charge in [0.25, 0.3) is 0 Å². The van der Waals surface area contributed by atoms with Crippen molar-refractivity contribution in [2.24, 2.45) is 0 Å². The van der Waals surface area contributed by atoms with Gasteiger partial charge in [-0.05, 0) is 41.5 Å². The molecule has 2 heterocycles. The molecule has 0 fully saturated rings. The largest absolute Gasteiger partial charge is 0.147 e. The molecule has 0 amide bonds. The van der Waals surface area contributed by atoms with Gasteiger partial charge in [-0.15, -0.1) is 34.3 Å². The molecule has 0 saturated heterocycles. The zero-order valence-electron chi connectivity index (χ0n) is 10.6. The van der Waals surface area contributed by atoms with Crippen molar-refractivity contribution in [3.8, 4) is 0 Å². The molecule has 0 spiro atoms. The number of hydrogen-bond donors (Lipinski definition) is 0. The molecule has 0 N–H and O–H groups in total. The zero-order chi connectivity index (χ0) is 12.6. The molecule has 0 radical (unpaired) electrons. The molecule has 17 heavy (non-hydrogen) atoms. The Kier molecular flexibility index (Phi) is 3.67. The van der Waals surface area contributed by atoms with Crippen molar-refractivity contribution < 1.29 is 0 Å². The molecule has 0 nitrogen and oxygen atoms in total. The molecule has 2 rings (SSSR count). The lowest BCUT2D eigenvalue weighted by molar-refractivity contribution is 0.604. The third-order valence-corrected chi connectivity index (χ3v) is 6.12. The van der Waals surface area contributed by atoms with E-state index in [1.807, 2.05) is 11.3 Å². The summed E-state index contributed by atoms with van der Waals surface area (Å²) in [7, 11) is 0. The second kappa shape index (κ2) is 4.75. The average Bonchev–Trinajstić information content (AvgIpc) is 2.83. The van der Waals surface area contributed by atoms with Gasteiger partial charge in [0.05, 0.1) is 0 Å². The van der Waals surface area contributed by atoms with E-state index in [1.165, 1.54) is 20.2 Å². The van der Waals surface area contributed by atoms with Crippen LogP contribution in [0.2, 0.25) is 0 Å². The summed E-state index contributed by atoms with van der Waals surface area (Å²) in [6.07, 6.45) is 0. The maximum Gasteiger partial charge on any atom is 0.102 e. The summed E-state index contributed by atoms with van der Waals surface area (Å²) < 4.78 is 0. The number of hydrogen-bond acceptors (Lipinski definition) is 2. The highest BCUT2D eigenvalue weighted by Crippen LogP contribution is 2.40. The van der Waals surface area contributed by atoms with Crippen LogP contribution in [0.15, 0.2) is 23.6 Å². The van der Waals surface area contributed by atoms with Crippen LogP contribution >= 0.6 is 34.3 Å². The van der Waals surface area contributed by atoms with Crippen molar-refractivity contribution >= 4 is 34.3 Å². The van der Waals surface area contributed by atoms with E-state index >= 15 is 0 Å².